The van der Waals surface area contributed by atoms with Gasteiger partial charge in [0.05, 0.1) is 6.04 Å². The van der Waals surface area contributed by atoms with E-state index in [2.05, 4.69) is 10.3 Å². The first-order chi connectivity index (χ1) is 8.43. The van der Waals surface area contributed by atoms with Crippen molar-refractivity contribution in [1.82, 2.24) is 10.3 Å². The Hall–Kier alpha value is -2.17. The summed E-state index contributed by atoms with van der Waals surface area (Å²) in [6.45, 7) is 4.74. The maximum atomic E-state index is 11.8. The highest BCUT2D eigenvalue weighted by molar-refractivity contribution is 6.01. The van der Waals surface area contributed by atoms with Crippen molar-refractivity contribution in [2.24, 2.45) is 0 Å². The van der Waals surface area contributed by atoms with Gasteiger partial charge in [-0.15, -0.1) is 0 Å². The second-order valence-corrected chi connectivity index (χ2v) is 4.03. The first-order valence-electron chi connectivity index (χ1n) is 5.55. The van der Waals surface area contributed by atoms with Gasteiger partial charge in [0.15, 0.2) is 0 Å². The summed E-state index contributed by atoms with van der Waals surface area (Å²) in [6, 6.07) is 3.40. The van der Waals surface area contributed by atoms with Crippen LogP contribution in [0.15, 0.2) is 35.7 Å². The third-order valence-corrected chi connectivity index (χ3v) is 2.78. The van der Waals surface area contributed by atoms with Crippen molar-refractivity contribution in [3.63, 3.8) is 0 Å². The van der Waals surface area contributed by atoms with E-state index in [1.165, 1.54) is 13.8 Å². The molecular formula is C13H16N2O3. The van der Waals surface area contributed by atoms with Crippen molar-refractivity contribution in [3.8, 4) is 0 Å². The second-order valence-electron chi connectivity index (χ2n) is 4.03. The Labute approximate surface area is 106 Å². The lowest BCUT2D eigenvalue weighted by atomic mass is 10.1. The van der Waals surface area contributed by atoms with Crippen LogP contribution >= 0.6 is 0 Å². The van der Waals surface area contributed by atoms with Crippen LogP contribution in [-0.4, -0.2) is 22.0 Å². The fourth-order valence-corrected chi connectivity index (χ4v) is 1.37. The average molecular weight is 248 g/mol. The first kappa shape index (κ1) is 13.9. The van der Waals surface area contributed by atoms with Crippen molar-refractivity contribution < 1.29 is 14.7 Å². The van der Waals surface area contributed by atoms with E-state index in [0.29, 0.717) is 0 Å². The van der Waals surface area contributed by atoms with Gasteiger partial charge in [0.1, 0.15) is 0 Å². The quantitative estimate of drug-likeness (QED) is 0.794. The highest BCUT2D eigenvalue weighted by Crippen LogP contribution is 2.12. The molecule has 0 aliphatic carbocycles. The van der Waals surface area contributed by atoms with Gasteiger partial charge in [-0.1, -0.05) is 0 Å². The topological polar surface area (TPSA) is 79.3 Å². The number of hydrogen-bond acceptors (Lipinski definition) is 3. The third-order valence-electron chi connectivity index (χ3n) is 2.78. The fourth-order valence-electron chi connectivity index (χ4n) is 1.37. The standard InChI is InChI=1S/C13H16N2O3/c1-8(9(2)13(17)18)12(16)15-10(3)11-4-6-14-7-5-11/h4-7,10H,1-3H3,(H,15,16)(H,17,18)/b9-8-/t10-/m1/s1. The minimum absolute atomic E-state index is 0.0504. The average Bonchev–Trinajstić information content (AvgIpc) is 2.37. The molecule has 0 aromatic carbocycles. The molecule has 1 aromatic heterocycles. The molecule has 0 spiro atoms. The molecule has 0 bridgehead atoms. The van der Waals surface area contributed by atoms with Crippen molar-refractivity contribution in [2.75, 3.05) is 0 Å². The third kappa shape index (κ3) is 3.41. The monoisotopic (exact) mass is 248 g/mol. The number of nitrogens with zero attached hydrogens (tertiary/aromatic N) is 1. The molecule has 5 nitrogen and oxygen atoms in total. The van der Waals surface area contributed by atoms with Gasteiger partial charge in [0.25, 0.3) is 0 Å². The number of pyridine rings is 1. The maximum Gasteiger partial charge on any atom is 0.331 e. The summed E-state index contributed by atoms with van der Waals surface area (Å²) in [5.41, 5.74) is 1.18. The predicted octanol–water partition coefficient (Wildman–Crippen LogP) is 1.68. The van der Waals surface area contributed by atoms with E-state index >= 15 is 0 Å². The number of nitrogens with one attached hydrogen (secondary N) is 1. The van der Waals surface area contributed by atoms with Crippen LogP contribution in [0.3, 0.4) is 0 Å². The van der Waals surface area contributed by atoms with Gasteiger partial charge in [0, 0.05) is 23.5 Å². The molecule has 0 fully saturated rings. The van der Waals surface area contributed by atoms with Gasteiger partial charge < -0.3 is 10.4 Å². The van der Waals surface area contributed by atoms with Crippen molar-refractivity contribution in [1.29, 1.82) is 0 Å². The number of rotatable bonds is 4. The van der Waals surface area contributed by atoms with Crippen molar-refractivity contribution >= 4 is 11.9 Å². The molecule has 1 heterocycles. The van der Waals surface area contributed by atoms with Crippen LogP contribution in [0.2, 0.25) is 0 Å². The van der Waals surface area contributed by atoms with Gasteiger partial charge in [-0.05, 0) is 38.5 Å². The van der Waals surface area contributed by atoms with Gasteiger partial charge >= 0.3 is 5.97 Å². The zero-order chi connectivity index (χ0) is 13.7. The number of aromatic nitrogens is 1. The summed E-state index contributed by atoms with van der Waals surface area (Å²) >= 11 is 0. The first-order valence-corrected chi connectivity index (χ1v) is 5.55. The lowest BCUT2D eigenvalue weighted by Gasteiger charge is -2.14. The normalized spacial score (nSPS) is 13.5. The van der Waals surface area contributed by atoms with Gasteiger partial charge in [-0.3, -0.25) is 9.78 Å². The maximum absolute atomic E-state index is 11.8. The lowest BCUT2D eigenvalue weighted by Crippen LogP contribution is -2.28. The van der Waals surface area contributed by atoms with Crippen LogP contribution in [0.5, 0.6) is 0 Å². The Morgan fingerprint density at radius 1 is 1.22 bits per heavy atom. The molecule has 0 unspecified atom stereocenters. The van der Waals surface area contributed by atoms with E-state index < -0.39 is 5.97 Å². The Bertz CT molecular complexity index is 480. The van der Waals surface area contributed by atoms with Crippen molar-refractivity contribution in [3.05, 3.63) is 41.2 Å². The molecule has 5 heteroatoms. The van der Waals surface area contributed by atoms with Gasteiger partial charge in [0.2, 0.25) is 5.91 Å². The number of hydrogen-bond donors (Lipinski definition) is 2. The highest BCUT2D eigenvalue weighted by atomic mass is 16.4. The molecule has 0 aliphatic heterocycles. The molecule has 18 heavy (non-hydrogen) atoms. The van der Waals surface area contributed by atoms with E-state index in [-0.39, 0.29) is 23.1 Å². The van der Waals surface area contributed by atoms with E-state index in [1.54, 1.807) is 24.5 Å². The van der Waals surface area contributed by atoms with E-state index in [0.717, 1.165) is 5.56 Å². The van der Waals surface area contributed by atoms with Crippen LogP contribution in [-0.2, 0) is 9.59 Å². The van der Waals surface area contributed by atoms with Crippen LogP contribution in [0, 0.1) is 0 Å². The fraction of sp³-hybridized carbons (Fsp3) is 0.308. The molecule has 0 saturated heterocycles. The summed E-state index contributed by atoms with van der Waals surface area (Å²) in [7, 11) is 0. The molecular weight excluding hydrogens is 232 g/mol. The Morgan fingerprint density at radius 2 is 1.78 bits per heavy atom. The molecule has 1 atom stereocenters. The van der Waals surface area contributed by atoms with Gasteiger partial charge in [-0.25, -0.2) is 4.79 Å². The summed E-state index contributed by atoms with van der Waals surface area (Å²) in [6.07, 6.45) is 3.28. The summed E-state index contributed by atoms with van der Waals surface area (Å²) in [4.78, 5) is 26.5. The van der Waals surface area contributed by atoms with Gasteiger partial charge in [-0.2, -0.15) is 0 Å². The SMILES string of the molecule is C/C(C(=O)O)=C(\C)C(=O)N[C@H](C)c1ccncc1. The number of carbonyl (C=O) groups excluding carboxylic acids is 1. The predicted molar refractivity (Wildman–Crippen MR) is 66.8 cm³/mol. The van der Waals surface area contributed by atoms with Crippen LogP contribution in [0.4, 0.5) is 0 Å². The van der Waals surface area contributed by atoms with Crippen LogP contribution < -0.4 is 5.32 Å². The number of aliphatic carboxylic acids is 1. The van der Waals surface area contributed by atoms with Crippen LogP contribution in [0.25, 0.3) is 0 Å². The molecule has 1 amide bonds. The zero-order valence-corrected chi connectivity index (χ0v) is 10.6. The number of carboxylic acids is 1. The van der Waals surface area contributed by atoms with Crippen molar-refractivity contribution in [2.45, 2.75) is 26.8 Å². The smallest absolute Gasteiger partial charge is 0.331 e. The van der Waals surface area contributed by atoms with E-state index in [9.17, 15) is 9.59 Å². The number of amides is 1. The molecule has 0 radical (unpaired) electrons. The lowest BCUT2D eigenvalue weighted by molar-refractivity contribution is -0.133. The van der Waals surface area contributed by atoms with E-state index in [4.69, 9.17) is 5.11 Å². The van der Waals surface area contributed by atoms with E-state index in [1.807, 2.05) is 6.92 Å². The molecule has 2 N–H and O–H groups in total. The number of carbonyl (C=O) groups is 2. The Balaban J connectivity index is 2.78. The second kappa shape index (κ2) is 5.95. The summed E-state index contributed by atoms with van der Waals surface area (Å²) in [5.74, 6) is -1.46. The largest absolute Gasteiger partial charge is 0.478 e. The molecule has 1 aromatic rings. The summed E-state index contributed by atoms with van der Waals surface area (Å²) < 4.78 is 0. The number of carboxylic acid groups (broad SMARTS) is 1. The minimum Gasteiger partial charge on any atom is -0.478 e. The summed E-state index contributed by atoms with van der Waals surface area (Å²) in [5, 5.41) is 11.6. The Morgan fingerprint density at radius 3 is 2.28 bits per heavy atom. The zero-order valence-electron chi connectivity index (χ0n) is 10.6. The molecule has 0 saturated carbocycles. The van der Waals surface area contributed by atoms with Crippen LogP contribution in [0.1, 0.15) is 32.4 Å². The minimum atomic E-state index is -1.08. The highest BCUT2D eigenvalue weighted by Gasteiger charge is 2.15. The molecule has 96 valence electrons. The Kier molecular flexibility index (Phi) is 4.59. The molecule has 1 rings (SSSR count). The molecule has 0 aliphatic rings.